The summed E-state index contributed by atoms with van der Waals surface area (Å²) in [7, 11) is 1.39. The number of benzene rings is 1. The Morgan fingerprint density at radius 3 is 3.00 bits per heavy atom. The molecule has 110 valence electrons. The second-order valence-electron chi connectivity index (χ2n) is 5.36. The minimum atomic E-state index is -0.229. The second kappa shape index (κ2) is 5.60. The van der Waals surface area contributed by atoms with Crippen molar-refractivity contribution in [3.05, 3.63) is 36.0 Å². The van der Waals surface area contributed by atoms with Gasteiger partial charge in [0, 0.05) is 35.8 Å². The molecule has 1 amide bonds. The molecule has 3 rings (SSSR count). The SMILES string of the molecule is COC(=O)[C@H]1CCCN(C(=O)c2cccc3[nH]ccc23)C1. The van der Waals surface area contributed by atoms with Gasteiger partial charge in [-0.05, 0) is 31.0 Å². The van der Waals surface area contributed by atoms with Crippen molar-refractivity contribution in [2.75, 3.05) is 20.2 Å². The third-order valence-electron chi connectivity index (χ3n) is 4.07. The molecular weight excluding hydrogens is 268 g/mol. The first-order chi connectivity index (χ1) is 10.2. The first-order valence-electron chi connectivity index (χ1n) is 7.14. The summed E-state index contributed by atoms with van der Waals surface area (Å²) in [5.41, 5.74) is 1.63. The van der Waals surface area contributed by atoms with E-state index in [1.807, 2.05) is 30.5 Å². The van der Waals surface area contributed by atoms with Gasteiger partial charge in [-0.3, -0.25) is 9.59 Å². The Balaban J connectivity index is 1.84. The largest absolute Gasteiger partial charge is 0.469 e. The third kappa shape index (κ3) is 2.51. The smallest absolute Gasteiger partial charge is 0.310 e. The van der Waals surface area contributed by atoms with Crippen molar-refractivity contribution in [3.63, 3.8) is 0 Å². The van der Waals surface area contributed by atoms with Crippen molar-refractivity contribution in [2.24, 2.45) is 5.92 Å². The molecule has 0 spiro atoms. The third-order valence-corrected chi connectivity index (χ3v) is 4.07. The van der Waals surface area contributed by atoms with E-state index in [0.29, 0.717) is 18.7 Å². The van der Waals surface area contributed by atoms with Gasteiger partial charge in [-0.1, -0.05) is 6.07 Å². The van der Waals surface area contributed by atoms with Gasteiger partial charge in [-0.25, -0.2) is 0 Å². The van der Waals surface area contributed by atoms with Crippen molar-refractivity contribution in [1.82, 2.24) is 9.88 Å². The summed E-state index contributed by atoms with van der Waals surface area (Å²) in [6, 6.07) is 7.55. The van der Waals surface area contributed by atoms with E-state index < -0.39 is 0 Å². The first-order valence-corrected chi connectivity index (χ1v) is 7.14. The Hall–Kier alpha value is -2.30. The molecule has 0 aliphatic carbocycles. The summed E-state index contributed by atoms with van der Waals surface area (Å²) in [5, 5.41) is 0.919. The molecule has 1 saturated heterocycles. The number of carbonyl (C=O) groups excluding carboxylic acids is 2. The first kappa shape index (κ1) is 13.7. The van der Waals surface area contributed by atoms with E-state index in [1.54, 1.807) is 4.90 Å². The Morgan fingerprint density at radius 1 is 1.33 bits per heavy atom. The number of amides is 1. The highest BCUT2D eigenvalue weighted by Gasteiger charge is 2.30. The predicted octanol–water partition coefficient (Wildman–Crippen LogP) is 2.19. The molecule has 1 N–H and O–H groups in total. The number of rotatable bonds is 2. The second-order valence-corrected chi connectivity index (χ2v) is 5.36. The van der Waals surface area contributed by atoms with Crippen LogP contribution >= 0.6 is 0 Å². The highest BCUT2D eigenvalue weighted by molar-refractivity contribution is 6.06. The Bertz CT molecular complexity index is 677. The van der Waals surface area contributed by atoms with Crippen molar-refractivity contribution in [2.45, 2.75) is 12.8 Å². The van der Waals surface area contributed by atoms with Gasteiger partial charge in [0.05, 0.1) is 13.0 Å². The molecule has 1 aromatic carbocycles. The Labute approximate surface area is 122 Å². The standard InChI is InChI=1S/C16H18N2O3/c1-21-16(20)11-4-3-9-18(10-11)15(19)13-5-2-6-14-12(13)7-8-17-14/h2,5-8,11,17H,3-4,9-10H2,1H3/t11-/m0/s1. The Kier molecular flexibility index (Phi) is 3.64. The summed E-state index contributed by atoms with van der Waals surface area (Å²) in [4.78, 5) is 29.3. The number of methoxy groups -OCH3 is 1. The Morgan fingerprint density at radius 2 is 2.19 bits per heavy atom. The molecule has 1 atom stereocenters. The molecule has 1 aliphatic rings. The lowest BCUT2D eigenvalue weighted by molar-refractivity contribution is -0.146. The van der Waals surface area contributed by atoms with Crippen LogP contribution in [0.2, 0.25) is 0 Å². The van der Waals surface area contributed by atoms with Crippen LogP contribution in [-0.4, -0.2) is 42.0 Å². The molecule has 5 nitrogen and oxygen atoms in total. The maximum Gasteiger partial charge on any atom is 0.310 e. The molecule has 1 aromatic heterocycles. The molecule has 0 radical (unpaired) electrons. The fourth-order valence-electron chi connectivity index (χ4n) is 2.96. The van der Waals surface area contributed by atoms with Gasteiger partial charge in [0.25, 0.3) is 5.91 Å². The number of nitrogens with one attached hydrogen (secondary N) is 1. The quantitative estimate of drug-likeness (QED) is 0.861. The number of aromatic amines is 1. The van der Waals surface area contributed by atoms with E-state index in [9.17, 15) is 9.59 Å². The van der Waals surface area contributed by atoms with Crippen LogP contribution < -0.4 is 0 Å². The normalized spacial score (nSPS) is 18.7. The fraction of sp³-hybridized carbons (Fsp3) is 0.375. The topological polar surface area (TPSA) is 62.4 Å². The lowest BCUT2D eigenvalue weighted by Crippen LogP contribution is -2.42. The highest BCUT2D eigenvalue weighted by Crippen LogP contribution is 2.23. The lowest BCUT2D eigenvalue weighted by atomic mass is 9.97. The van der Waals surface area contributed by atoms with Crippen molar-refractivity contribution >= 4 is 22.8 Å². The van der Waals surface area contributed by atoms with E-state index in [0.717, 1.165) is 23.7 Å². The van der Waals surface area contributed by atoms with Crippen LogP contribution in [0.15, 0.2) is 30.5 Å². The molecule has 0 bridgehead atoms. The maximum atomic E-state index is 12.7. The summed E-state index contributed by atoms with van der Waals surface area (Å²) >= 11 is 0. The van der Waals surface area contributed by atoms with Gasteiger partial charge in [-0.2, -0.15) is 0 Å². The van der Waals surface area contributed by atoms with Crippen molar-refractivity contribution in [1.29, 1.82) is 0 Å². The van der Waals surface area contributed by atoms with Gasteiger partial charge < -0.3 is 14.6 Å². The molecule has 1 aliphatic heterocycles. The van der Waals surface area contributed by atoms with E-state index in [2.05, 4.69) is 4.98 Å². The predicted molar refractivity (Wildman–Crippen MR) is 78.9 cm³/mol. The lowest BCUT2D eigenvalue weighted by Gasteiger charge is -2.31. The van der Waals surface area contributed by atoms with Crippen molar-refractivity contribution in [3.8, 4) is 0 Å². The van der Waals surface area contributed by atoms with Gasteiger partial charge >= 0.3 is 5.97 Å². The average molecular weight is 286 g/mol. The molecule has 0 saturated carbocycles. The van der Waals surface area contributed by atoms with Gasteiger partial charge in [0.2, 0.25) is 0 Å². The zero-order chi connectivity index (χ0) is 14.8. The van der Waals surface area contributed by atoms with E-state index in [-0.39, 0.29) is 17.8 Å². The summed E-state index contributed by atoms with van der Waals surface area (Å²) in [6.07, 6.45) is 3.44. The van der Waals surface area contributed by atoms with Crippen molar-refractivity contribution < 1.29 is 14.3 Å². The number of fused-ring (bicyclic) bond motifs is 1. The molecule has 1 fully saturated rings. The molecule has 0 unspecified atom stereocenters. The molecule has 21 heavy (non-hydrogen) atoms. The van der Waals surface area contributed by atoms with Gasteiger partial charge in [0.15, 0.2) is 0 Å². The zero-order valence-electron chi connectivity index (χ0n) is 12.0. The minimum Gasteiger partial charge on any atom is -0.469 e. The number of hydrogen-bond donors (Lipinski definition) is 1. The van der Waals surface area contributed by atoms with Crippen LogP contribution in [0.5, 0.6) is 0 Å². The number of H-pyrrole nitrogens is 1. The van der Waals surface area contributed by atoms with Crippen LogP contribution in [0.4, 0.5) is 0 Å². The highest BCUT2D eigenvalue weighted by atomic mass is 16.5. The number of esters is 1. The number of hydrogen-bond acceptors (Lipinski definition) is 3. The minimum absolute atomic E-state index is 0.0196. The number of carbonyl (C=O) groups is 2. The number of piperidine rings is 1. The van der Waals surface area contributed by atoms with E-state index >= 15 is 0 Å². The summed E-state index contributed by atoms with van der Waals surface area (Å²) in [6.45, 7) is 1.12. The molecule has 2 aromatic rings. The maximum absolute atomic E-state index is 12.7. The fourth-order valence-corrected chi connectivity index (χ4v) is 2.96. The number of aromatic nitrogens is 1. The van der Waals surface area contributed by atoms with Crippen LogP contribution in [0.1, 0.15) is 23.2 Å². The number of nitrogens with zero attached hydrogens (tertiary/aromatic N) is 1. The van der Waals surface area contributed by atoms with E-state index in [1.165, 1.54) is 7.11 Å². The molecule has 5 heteroatoms. The number of ether oxygens (including phenoxy) is 1. The van der Waals surface area contributed by atoms with Gasteiger partial charge in [-0.15, -0.1) is 0 Å². The molecular formula is C16H18N2O3. The summed E-state index contributed by atoms with van der Waals surface area (Å²) in [5.74, 6) is -0.459. The summed E-state index contributed by atoms with van der Waals surface area (Å²) < 4.78 is 4.80. The monoisotopic (exact) mass is 286 g/mol. The van der Waals surface area contributed by atoms with Crippen LogP contribution in [0, 0.1) is 5.92 Å². The van der Waals surface area contributed by atoms with Crippen LogP contribution in [-0.2, 0) is 9.53 Å². The van der Waals surface area contributed by atoms with Gasteiger partial charge in [0.1, 0.15) is 0 Å². The van der Waals surface area contributed by atoms with Crippen LogP contribution in [0.25, 0.3) is 10.9 Å². The van der Waals surface area contributed by atoms with Crippen LogP contribution in [0.3, 0.4) is 0 Å². The van der Waals surface area contributed by atoms with E-state index in [4.69, 9.17) is 4.74 Å². The zero-order valence-corrected chi connectivity index (χ0v) is 12.0. The average Bonchev–Trinajstić information content (AvgIpc) is 3.02. The molecule has 2 heterocycles. The number of likely N-dealkylation sites (tertiary alicyclic amines) is 1.